The van der Waals surface area contributed by atoms with Crippen LogP contribution < -0.4 is 20.7 Å². The molecule has 0 atom stereocenters. The zero-order chi connectivity index (χ0) is 16.8. The van der Waals surface area contributed by atoms with E-state index in [1.807, 2.05) is 0 Å². The lowest BCUT2D eigenvalue weighted by Gasteiger charge is -2.24. The van der Waals surface area contributed by atoms with E-state index in [0.29, 0.717) is 0 Å². The third kappa shape index (κ3) is 4.55. The summed E-state index contributed by atoms with van der Waals surface area (Å²) in [6.45, 7) is 12.2. The number of hydrogen-bond donors (Lipinski definition) is 0. The lowest BCUT2D eigenvalue weighted by atomic mass is 10.3. The van der Waals surface area contributed by atoms with Gasteiger partial charge in [-0.15, -0.1) is 0 Å². The van der Waals surface area contributed by atoms with Crippen molar-refractivity contribution in [3.05, 3.63) is 48.5 Å². The van der Waals surface area contributed by atoms with Gasteiger partial charge in [-0.1, -0.05) is 121 Å². The van der Waals surface area contributed by atoms with Gasteiger partial charge in [-0.2, -0.15) is 0 Å². The molecular formula is C20H32Si3. The van der Waals surface area contributed by atoms with Gasteiger partial charge in [0, 0.05) is 0 Å². The van der Waals surface area contributed by atoms with Crippen LogP contribution in [0.4, 0.5) is 0 Å². The van der Waals surface area contributed by atoms with Crippen LogP contribution in [0.25, 0.3) is 0 Å². The lowest BCUT2D eigenvalue weighted by Crippen LogP contribution is -2.57. The van der Waals surface area contributed by atoms with Crippen molar-refractivity contribution in [2.45, 2.75) is 52.0 Å². The summed E-state index contributed by atoms with van der Waals surface area (Å²) in [4.78, 5) is 0. The molecule has 124 valence electrons. The first kappa shape index (κ1) is 18.4. The molecule has 23 heavy (non-hydrogen) atoms. The van der Waals surface area contributed by atoms with Crippen LogP contribution in [0.5, 0.6) is 0 Å². The summed E-state index contributed by atoms with van der Waals surface area (Å²) < 4.78 is 0. The van der Waals surface area contributed by atoms with E-state index in [0.717, 1.165) is 0 Å². The van der Waals surface area contributed by atoms with Crippen LogP contribution in [-0.4, -0.2) is 26.4 Å². The van der Waals surface area contributed by atoms with Gasteiger partial charge >= 0.3 is 0 Å². The monoisotopic (exact) mass is 356 g/mol. The minimum atomic E-state index is -1.09. The van der Waals surface area contributed by atoms with Gasteiger partial charge < -0.3 is 0 Å². The molecule has 0 N–H and O–H groups in total. The molecule has 2 aromatic carbocycles. The largest absolute Gasteiger partial charge is 0.102 e. The summed E-state index contributed by atoms with van der Waals surface area (Å²) in [7, 11) is -2.64. The highest BCUT2D eigenvalue weighted by atomic mass is 28.3. The maximum absolute atomic E-state index is 2.48. The molecule has 2 rings (SSSR count). The van der Waals surface area contributed by atoms with Gasteiger partial charge in [-0.05, 0) is 0 Å². The van der Waals surface area contributed by atoms with E-state index < -0.39 is 26.4 Å². The zero-order valence-corrected chi connectivity index (χ0v) is 18.9. The SMILES string of the molecule is CCCC[SiH](c1ccccc1[SiH](C)C)c1ccccc1[SiH](C)C. The molecule has 0 bridgehead atoms. The van der Waals surface area contributed by atoms with Crippen LogP contribution in [0.15, 0.2) is 48.5 Å². The summed E-state index contributed by atoms with van der Waals surface area (Å²) in [5.41, 5.74) is 0. The molecule has 2 aromatic rings. The molecule has 0 unspecified atom stereocenters. The Morgan fingerprint density at radius 3 is 1.39 bits per heavy atom. The fourth-order valence-corrected chi connectivity index (χ4v) is 12.8. The van der Waals surface area contributed by atoms with E-state index in [2.05, 4.69) is 81.6 Å². The van der Waals surface area contributed by atoms with E-state index >= 15 is 0 Å². The Balaban J connectivity index is 2.55. The zero-order valence-electron chi connectivity index (χ0n) is 15.5. The Bertz CT molecular complexity index is 568. The summed E-state index contributed by atoms with van der Waals surface area (Å²) in [6, 6.07) is 20.3. The fourth-order valence-electron chi connectivity index (χ4n) is 3.59. The summed E-state index contributed by atoms with van der Waals surface area (Å²) in [5, 5.41) is 6.95. The van der Waals surface area contributed by atoms with Crippen LogP contribution >= 0.6 is 0 Å². The van der Waals surface area contributed by atoms with E-state index in [4.69, 9.17) is 0 Å². The number of hydrogen-bond acceptors (Lipinski definition) is 0. The van der Waals surface area contributed by atoms with Gasteiger partial charge in [0.2, 0.25) is 0 Å². The Morgan fingerprint density at radius 2 is 1.04 bits per heavy atom. The van der Waals surface area contributed by atoms with Crippen LogP contribution in [0, 0.1) is 0 Å². The molecule has 0 saturated heterocycles. The quantitative estimate of drug-likeness (QED) is 0.667. The van der Waals surface area contributed by atoms with E-state index in [1.54, 1.807) is 20.7 Å². The summed E-state index contributed by atoms with van der Waals surface area (Å²) in [6.07, 6.45) is 2.69. The first-order valence-electron chi connectivity index (χ1n) is 9.23. The van der Waals surface area contributed by atoms with Crippen LogP contribution in [0.2, 0.25) is 32.2 Å². The van der Waals surface area contributed by atoms with Gasteiger partial charge in [-0.3, -0.25) is 0 Å². The molecule has 0 radical (unpaired) electrons. The number of unbranched alkanes of at least 4 members (excludes halogenated alkanes) is 1. The van der Waals surface area contributed by atoms with Crippen molar-refractivity contribution in [1.82, 2.24) is 0 Å². The van der Waals surface area contributed by atoms with Crippen LogP contribution in [0.1, 0.15) is 19.8 Å². The van der Waals surface area contributed by atoms with Gasteiger partial charge in [0.15, 0.2) is 0 Å². The Labute approximate surface area is 147 Å². The van der Waals surface area contributed by atoms with Gasteiger partial charge in [0.25, 0.3) is 0 Å². The Kier molecular flexibility index (Phi) is 7.06. The minimum Gasteiger partial charge on any atom is -0.0682 e. The Morgan fingerprint density at radius 1 is 0.652 bits per heavy atom. The highest BCUT2D eigenvalue weighted by Crippen LogP contribution is 2.04. The second-order valence-electron chi connectivity index (χ2n) is 7.26. The number of rotatable bonds is 7. The van der Waals surface area contributed by atoms with Crippen molar-refractivity contribution in [1.29, 1.82) is 0 Å². The lowest BCUT2D eigenvalue weighted by molar-refractivity contribution is 0.878. The molecule has 3 heteroatoms. The van der Waals surface area contributed by atoms with Gasteiger partial charge in [-0.25, -0.2) is 0 Å². The van der Waals surface area contributed by atoms with Gasteiger partial charge in [0.05, 0.1) is 17.6 Å². The Hall–Kier alpha value is -0.909. The van der Waals surface area contributed by atoms with Crippen molar-refractivity contribution in [3.8, 4) is 0 Å². The maximum Gasteiger partial charge on any atom is 0.102 e. The van der Waals surface area contributed by atoms with Crippen molar-refractivity contribution < 1.29 is 0 Å². The predicted molar refractivity (Wildman–Crippen MR) is 116 cm³/mol. The molecule has 0 nitrogen and oxygen atoms in total. The molecular weight excluding hydrogens is 324 g/mol. The smallest absolute Gasteiger partial charge is 0.0682 e. The molecule has 0 aliphatic carbocycles. The van der Waals surface area contributed by atoms with Crippen molar-refractivity contribution in [2.75, 3.05) is 0 Å². The molecule has 0 aliphatic heterocycles. The minimum absolute atomic E-state index is 0.776. The predicted octanol–water partition coefficient (Wildman–Crippen LogP) is 2.22. The summed E-state index contributed by atoms with van der Waals surface area (Å²) >= 11 is 0. The summed E-state index contributed by atoms with van der Waals surface area (Å²) in [5.74, 6) is 0. The van der Waals surface area contributed by atoms with E-state index in [1.165, 1.54) is 18.9 Å². The normalized spacial score (nSPS) is 11.7. The van der Waals surface area contributed by atoms with E-state index in [9.17, 15) is 0 Å². The molecule has 0 amide bonds. The standard InChI is InChI=1S/C20H32Si3/c1-6-7-16-23(19-14-10-8-12-17(19)21(2)3)20-15-11-9-13-18(20)22(4)5/h8-15,21-23H,6-7,16H2,1-5H3. The third-order valence-electron chi connectivity index (χ3n) is 4.83. The van der Waals surface area contributed by atoms with Crippen LogP contribution in [-0.2, 0) is 0 Å². The van der Waals surface area contributed by atoms with E-state index in [-0.39, 0.29) is 0 Å². The van der Waals surface area contributed by atoms with Crippen molar-refractivity contribution in [3.63, 3.8) is 0 Å². The average molecular weight is 357 g/mol. The highest BCUT2D eigenvalue weighted by Gasteiger charge is 2.23. The third-order valence-corrected chi connectivity index (χ3v) is 12.6. The van der Waals surface area contributed by atoms with Crippen molar-refractivity contribution in [2.24, 2.45) is 0 Å². The van der Waals surface area contributed by atoms with Gasteiger partial charge in [0.1, 0.15) is 8.80 Å². The highest BCUT2D eigenvalue weighted by molar-refractivity contribution is 6.94. The first-order chi connectivity index (χ1) is 11.1. The topological polar surface area (TPSA) is 0 Å². The molecule has 0 saturated carbocycles. The van der Waals surface area contributed by atoms with Crippen molar-refractivity contribution >= 4 is 47.1 Å². The molecule has 0 aliphatic rings. The second kappa shape index (κ2) is 8.81. The van der Waals surface area contributed by atoms with Crippen LogP contribution in [0.3, 0.4) is 0 Å². The molecule has 0 spiro atoms. The maximum atomic E-state index is 2.48. The fraction of sp³-hybridized carbons (Fsp3) is 0.400. The first-order valence-corrected chi connectivity index (χ1v) is 17.0. The number of benzene rings is 2. The molecule has 0 aromatic heterocycles. The molecule has 0 fully saturated rings. The second-order valence-corrected chi connectivity index (χ2v) is 16.1. The molecule has 0 heterocycles. The average Bonchev–Trinajstić information content (AvgIpc) is 2.55.